The van der Waals surface area contributed by atoms with Crippen molar-refractivity contribution in [3.8, 4) is 0 Å². The first kappa shape index (κ1) is 13.7. The van der Waals surface area contributed by atoms with Crippen molar-refractivity contribution in [2.24, 2.45) is 0 Å². The maximum absolute atomic E-state index is 12.4. The number of halogens is 1. The summed E-state index contributed by atoms with van der Waals surface area (Å²) in [7, 11) is 0. The van der Waals surface area contributed by atoms with E-state index >= 15 is 0 Å². The maximum Gasteiger partial charge on any atom is 0.255 e. The first-order valence-corrected chi connectivity index (χ1v) is 6.72. The molecule has 0 radical (unpaired) electrons. The van der Waals surface area contributed by atoms with Crippen LogP contribution in [0.15, 0.2) is 23.1 Å². The predicted octanol–water partition coefficient (Wildman–Crippen LogP) is 2.62. The second kappa shape index (κ2) is 5.11. The van der Waals surface area contributed by atoms with E-state index in [-0.39, 0.29) is 5.91 Å². The van der Waals surface area contributed by atoms with Gasteiger partial charge >= 0.3 is 0 Å². The van der Waals surface area contributed by atoms with E-state index in [1.165, 1.54) is 0 Å². The molecule has 0 spiro atoms. The molecule has 1 N–H and O–H groups in total. The molecule has 1 unspecified atom stereocenters. The predicted molar refractivity (Wildman–Crippen MR) is 74.5 cm³/mol. The van der Waals surface area contributed by atoms with Gasteiger partial charge in [-0.25, -0.2) is 0 Å². The van der Waals surface area contributed by atoms with Gasteiger partial charge < -0.3 is 10.0 Å². The second-order valence-corrected chi connectivity index (χ2v) is 5.91. The summed E-state index contributed by atoms with van der Waals surface area (Å²) in [5, 5.41) is 10.4. The second-order valence-electron chi connectivity index (χ2n) is 4.99. The fraction of sp³-hybridized carbons (Fsp3) is 0.462. The number of hydrogen-bond acceptors (Lipinski definition) is 3. The van der Waals surface area contributed by atoms with Crippen LogP contribution in [0.1, 0.15) is 30.1 Å². The zero-order chi connectivity index (χ0) is 13.3. The minimum absolute atomic E-state index is 0.143. The zero-order valence-electron chi connectivity index (χ0n) is 10.2. The summed E-state index contributed by atoms with van der Waals surface area (Å²) in [6, 6.07) is 5.07. The number of likely N-dealkylation sites (tertiary alicyclic amines) is 1. The number of carbonyl (C=O) groups is 1. The molecule has 5 heteroatoms. The molecule has 1 fully saturated rings. The molecule has 2 rings (SSSR count). The fourth-order valence-corrected chi connectivity index (χ4v) is 2.64. The van der Waals surface area contributed by atoms with E-state index in [1.54, 1.807) is 30.0 Å². The minimum atomic E-state index is -0.807. The molecule has 98 valence electrons. The van der Waals surface area contributed by atoms with E-state index in [0.717, 1.165) is 12.8 Å². The van der Waals surface area contributed by atoms with Crippen molar-refractivity contribution < 1.29 is 9.90 Å². The first-order valence-electron chi connectivity index (χ1n) is 5.89. The number of thiol groups is 1. The number of amides is 1. The van der Waals surface area contributed by atoms with Crippen LogP contribution in [-0.2, 0) is 0 Å². The van der Waals surface area contributed by atoms with Crippen LogP contribution >= 0.6 is 24.2 Å². The highest BCUT2D eigenvalue weighted by Crippen LogP contribution is 2.25. The summed E-state index contributed by atoms with van der Waals surface area (Å²) < 4.78 is 0. The van der Waals surface area contributed by atoms with Gasteiger partial charge in [0.05, 0.1) is 16.2 Å². The molecule has 1 saturated heterocycles. The first-order chi connectivity index (χ1) is 8.39. The van der Waals surface area contributed by atoms with Crippen LogP contribution in [-0.4, -0.2) is 34.6 Å². The van der Waals surface area contributed by atoms with Gasteiger partial charge in [0.2, 0.25) is 0 Å². The Morgan fingerprint density at radius 1 is 1.56 bits per heavy atom. The smallest absolute Gasteiger partial charge is 0.255 e. The van der Waals surface area contributed by atoms with E-state index in [9.17, 15) is 9.90 Å². The molecule has 0 aromatic heterocycles. The number of nitrogens with zero attached hydrogens (tertiary/aromatic N) is 1. The highest BCUT2D eigenvalue weighted by atomic mass is 35.5. The van der Waals surface area contributed by atoms with Crippen molar-refractivity contribution in [3.63, 3.8) is 0 Å². The molecule has 1 aliphatic rings. The van der Waals surface area contributed by atoms with Crippen LogP contribution in [0.2, 0.25) is 5.02 Å². The summed E-state index contributed by atoms with van der Waals surface area (Å²) in [6.45, 7) is 2.75. The molecule has 1 amide bonds. The Bertz CT molecular complexity index is 476. The Morgan fingerprint density at radius 3 is 2.94 bits per heavy atom. The van der Waals surface area contributed by atoms with E-state index in [4.69, 9.17) is 11.6 Å². The van der Waals surface area contributed by atoms with Gasteiger partial charge in [0, 0.05) is 18.0 Å². The number of hydrogen-bond donors (Lipinski definition) is 2. The SMILES string of the molecule is CC1(O)CCCN(C(=O)c2cc(S)ccc2Cl)C1. The topological polar surface area (TPSA) is 40.5 Å². The lowest BCUT2D eigenvalue weighted by atomic mass is 9.94. The lowest BCUT2D eigenvalue weighted by Gasteiger charge is -2.37. The largest absolute Gasteiger partial charge is 0.388 e. The van der Waals surface area contributed by atoms with Crippen molar-refractivity contribution >= 4 is 30.1 Å². The Morgan fingerprint density at radius 2 is 2.28 bits per heavy atom. The Balaban J connectivity index is 2.23. The van der Waals surface area contributed by atoms with Crippen LogP contribution in [0, 0.1) is 0 Å². The zero-order valence-corrected chi connectivity index (χ0v) is 11.8. The van der Waals surface area contributed by atoms with Crippen LogP contribution in [0.25, 0.3) is 0 Å². The number of carbonyl (C=O) groups excluding carboxylic acids is 1. The summed E-state index contributed by atoms with van der Waals surface area (Å²) in [4.78, 5) is 14.7. The van der Waals surface area contributed by atoms with Gasteiger partial charge in [-0.05, 0) is 38.0 Å². The minimum Gasteiger partial charge on any atom is -0.388 e. The van der Waals surface area contributed by atoms with E-state index in [0.29, 0.717) is 28.6 Å². The summed E-state index contributed by atoms with van der Waals surface area (Å²) in [5.74, 6) is -0.143. The van der Waals surface area contributed by atoms with Gasteiger partial charge in [-0.3, -0.25) is 4.79 Å². The lowest BCUT2D eigenvalue weighted by molar-refractivity contribution is -0.0107. The number of β-amino-alcohol motifs (C(OH)–C–C–N with tert-alkyl or cyclic N) is 1. The molecule has 1 aromatic rings. The monoisotopic (exact) mass is 285 g/mol. The number of aliphatic hydroxyl groups is 1. The van der Waals surface area contributed by atoms with Crippen LogP contribution in [0.4, 0.5) is 0 Å². The number of benzene rings is 1. The molecular weight excluding hydrogens is 270 g/mol. The highest BCUT2D eigenvalue weighted by molar-refractivity contribution is 7.80. The van der Waals surface area contributed by atoms with Gasteiger partial charge in [0.1, 0.15) is 0 Å². The molecular formula is C13H16ClNO2S. The molecule has 3 nitrogen and oxygen atoms in total. The quantitative estimate of drug-likeness (QED) is 0.779. The van der Waals surface area contributed by atoms with Gasteiger partial charge in [0.25, 0.3) is 5.91 Å². The van der Waals surface area contributed by atoms with E-state index in [1.807, 2.05) is 0 Å². The summed E-state index contributed by atoms with van der Waals surface area (Å²) in [5.41, 5.74) is -0.360. The third kappa shape index (κ3) is 2.99. The van der Waals surface area contributed by atoms with Crippen molar-refractivity contribution in [3.05, 3.63) is 28.8 Å². The standard InChI is InChI=1S/C13H16ClNO2S/c1-13(17)5-2-6-15(8-13)12(16)10-7-9(18)3-4-11(10)14/h3-4,7,17-18H,2,5-6,8H2,1H3. The molecule has 1 atom stereocenters. The summed E-state index contributed by atoms with van der Waals surface area (Å²) in [6.07, 6.45) is 1.52. The third-order valence-corrected chi connectivity index (χ3v) is 3.75. The lowest BCUT2D eigenvalue weighted by Crippen LogP contribution is -2.48. The van der Waals surface area contributed by atoms with Crippen LogP contribution in [0.5, 0.6) is 0 Å². The van der Waals surface area contributed by atoms with Gasteiger partial charge in [-0.15, -0.1) is 12.6 Å². The molecule has 18 heavy (non-hydrogen) atoms. The summed E-state index contributed by atoms with van der Waals surface area (Å²) >= 11 is 10.3. The highest BCUT2D eigenvalue weighted by Gasteiger charge is 2.31. The normalized spacial score (nSPS) is 24.1. The average Bonchev–Trinajstić information content (AvgIpc) is 2.30. The average molecular weight is 286 g/mol. The van der Waals surface area contributed by atoms with Gasteiger partial charge in [0.15, 0.2) is 0 Å². The van der Waals surface area contributed by atoms with Crippen LogP contribution < -0.4 is 0 Å². The van der Waals surface area contributed by atoms with Crippen molar-refractivity contribution in [2.45, 2.75) is 30.3 Å². The number of piperidine rings is 1. The van der Waals surface area contributed by atoms with Gasteiger partial charge in [-0.1, -0.05) is 11.6 Å². The maximum atomic E-state index is 12.4. The third-order valence-electron chi connectivity index (χ3n) is 3.14. The van der Waals surface area contributed by atoms with Crippen molar-refractivity contribution in [2.75, 3.05) is 13.1 Å². The fourth-order valence-electron chi connectivity index (χ4n) is 2.24. The Hall–Kier alpha value is -0.710. The molecule has 1 heterocycles. The molecule has 1 aliphatic heterocycles. The molecule has 0 saturated carbocycles. The van der Waals surface area contributed by atoms with E-state index in [2.05, 4.69) is 12.6 Å². The van der Waals surface area contributed by atoms with Crippen molar-refractivity contribution in [1.29, 1.82) is 0 Å². The Kier molecular flexibility index (Phi) is 3.90. The molecule has 0 bridgehead atoms. The van der Waals surface area contributed by atoms with Crippen molar-refractivity contribution in [1.82, 2.24) is 4.90 Å². The van der Waals surface area contributed by atoms with E-state index < -0.39 is 5.60 Å². The molecule has 0 aliphatic carbocycles. The van der Waals surface area contributed by atoms with Gasteiger partial charge in [-0.2, -0.15) is 0 Å². The Labute approximate surface area is 117 Å². The number of rotatable bonds is 1. The van der Waals surface area contributed by atoms with Crippen LogP contribution in [0.3, 0.4) is 0 Å². The molecule has 1 aromatic carbocycles.